The van der Waals surface area contributed by atoms with Gasteiger partial charge < -0.3 is 9.16 Å². The van der Waals surface area contributed by atoms with E-state index in [1.807, 2.05) is 25.2 Å². The Bertz CT molecular complexity index is 687. The van der Waals surface area contributed by atoms with Crippen molar-refractivity contribution in [3.8, 4) is 6.07 Å². The van der Waals surface area contributed by atoms with Crippen LogP contribution in [0.25, 0.3) is 0 Å². The predicted octanol–water partition coefficient (Wildman–Crippen LogP) is 5.58. The predicted molar refractivity (Wildman–Crippen MR) is 111 cm³/mol. The van der Waals surface area contributed by atoms with Crippen LogP contribution in [0, 0.1) is 11.3 Å². The average molecular weight is 427 g/mol. The lowest BCUT2D eigenvalue weighted by atomic mass is 10.1. The van der Waals surface area contributed by atoms with Crippen LogP contribution in [0.3, 0.4) is 0 Å². The van der Waals surface area contributed by atoms with E-state index in [2.05, 4.69) is 20.8 Å². The Hall–Kier alpha value is -1.98. The van der Waals surface area contributed by atoms with Crippen LogP contribution < -0.4 is 0 Å². The second-order valence-electron chi connectivity index (χ2n) is 8.60. The summed E-state index contributed by atoms with van der Waals surface area (Å²) in [6.45, 7) is 11.2. The van der Waals surface area contributed by atoms with Crippen LogP contribution in [0.15, 0.2) is 30.3 Å². The average Bonchev–Trinajstić information content (AvgIpc) is 2.61. The van der Waals surface area contributed by atoms with Gasteiger partial charge in [-0.2, -0.15) is 5.26 Å². The topological polar surface area (TPSA) is 62.6 Å². The minimum absolute atomic E-state index is 0.0316. The number of rotatable bonds is 9. The van der Waals surface area contributed by atoms with Gasteiger partial charge in [0.15, 0.2) is 8.32 Å². The number of carbonyl (C=O) groups excluding carboxylic acids is 1. The zero-order chi connectivity index (χ0) is 22.2. The summed E-state index contributed by atoms with van der Waals surface area (Å²) in [7, 11) is -2.23. The summed E-state index contributed by atoms with van der Waals surface area (Å²) in [6, 6.07) is 10.2. The highest BCUT2D eigenvalue weighted by atomic mass is 28.4. The number of hydrogen-bond donors (Lipinski definition) is 0. The number of ether oxygens (including phenoxy) is 1. The molecule has 1 aromatic rings. The van der Waals surface area contributed by atoms with Crippen LogP contribution in [-0.4, -0.2) is 44.4 Å². The van der Waals surface area contributed by atoms with E-state index in [1.165, 1.54) is 0 Å². The number of nitriles is 1. The van der Waals surface area contributed by atoms with Gasteiger partial charge in [0.1, 0.15) is 6.61 Å². The van der Waals surface area contributed by atoms with Gasteiger partial charge in [0.2, 0.25) is 0 Å². The van der Waals surface area contributed by atoms with E-state index in [1.54, 1.807) is 31.2 Å². The van der Waals surface area contributed by atoms with Crippen LogP contribution in [0.5, 0.6) is 0 Å². The fourth-order valence-electron chi connectivity index (χ4n) is 2.64. The van der Waals surface area contributed by atoms with E-state index >= 15 is 0 Å². The minimum Gasteiger partial charge on any atom is -0.445 e. The van der Waals surface area contributed by atoms with E-state index in [9.17, 15) is 18.8 Å². The molecule has 0 aliphatic heterocycles. The molecule has 2 atom stereocenters. The quantitative estimate of drug-likeness (QED) is 0.483. The lowest BCUT2D eigenvalue weighted by molar-refractivity contribution is 0.0118. The van der Waals surface area contributed by atoms with E-state index in [0.29, 0.717) is 0 Å². The second-order valence-corrected chi connectivity index (χ2v) is 13.4. The molecule has 0 saturated carbocycles. The Labute approximate surface area is 173 Å². The Balaban J connectivity index is 3.01. The standard InChI is InChI=1S/C21H32F2N2O3Si/c1-16(28-29(5,6)21(2,3)4)18(12-13-24)25(14-19(22)23)20(26)27-15-17-10-8-7-9-11-17/h7-11,16,18-19H,12,14-15H2,1-6H3. The maximum absolute atomic E-state index is 13.2. The largest absolute Gasteiger partial charge is 0.445 e. The molecule has 29 heavy (non-hydrogen) atoms. The van der Waals surface area contributed by atoms with Crippen molar-refractivity contribution in [2.45, 2.75) is 77.4 Å². The van der Waals surface area contributed by atoms with Crippen LogP contribution >= 0.6 is 0 Å². The molecule has 2 unspecified atom stereocenters. The molecule has 0 bridgehead atoms. The molecular formula is C21H32F2N2O3Si. The number of amides is 1. The first-order valence-electron chi connectivity index (χ1n) is 9.69. The Morgan fingerprint density at radius 1 is 1.24 bits per heavy atom. The molecule has 1 aromatic carbocycles. The summed E-state index contributed by atoms with van der Waals surface area (Å²) in [4.78, 5) is 13.6. The molecule has 0 heterocycles. The summed E-state index contributed by atoms with van der Waals surface area (Å²) in [5.41, 5.74) is 0.750. The first-order valence-corrected chi connectivity index (χ1v) is 12.6. The molecule has 0 radical (unpaired) electrons. The fraction of sp³-hybridized carbons (Fsp3) is 0.619. The van der Waals surface area contributed by atoms with Crippen molar-refractivity contribution in [1.29, 1.82) is 5.26 Å². The number of hydrogen-bond acceptors (Lipinski definition) is 4. The zero-order valence-electron chi connectivity index (χ0n) is 18.1. The lowest BCUT2D eigenvalue weighted by Crippen LogP contribution is -2.53. The maximum atomic E-state index is 13.2. The molecular weight excluding hydrogens is 394 g/mol. The number of halogens is 2. The highest BCUT2D eigenvalue weighted by Crippen LogP contribution is 2.38. The van der Waals surface area contributed by atoms with Crippen molar-refractivity contribution in [2.24, 2.45) is 0 Å². The molecule has 0 aromatic heterocycles. The van der Waals surface area contributed by atoms with Gasteiger partial charge in [0, 0.05) is 0 Å². The highest BCUT2D eigenvalue weighted by Gasteiger charge is 2.41. The van der Waals surface area contributed by atoms with Crippen molar-refractivity contribution in [3.05, 3.63) is 35.9 Å². The smallest absolute Gasteiger partial charge is 0.410 e. The molecule has 8 heteroatoms. The van der Waals surface area contributed by atoms with Gasteiger partial charge in [-0.05, 0) is 30.6 Å². The van der Waals surface area contributed by atoms with E-state index in [0.717, 1.165) is 10.5 Å². The fourth-order valence-corrected chi connectivity index (χ4v) is 4.08. The highest BCUT2D eigenvalue weighted by molar-refractivity contribution is 6.74. The monoisotopic (exact) mass is 426 g/mol. The van der Waals surface area contributed by atoms with Crippen LogP contribution in [0.1, 0.15) is 39.7 Å². The van der Waals surface area contributed by atoms with E-state index in [-0.39, 0.29) is 18.1 Å². The van der Waals surface area contributed by atoms with Crippen molar-refractivity contribution in [1.82, 2.24) is 4.90 Å². The van der Waals surface area contributed by atoms with Crippen molar-refractivity contribution in [3.63, 3.8) is 0 Å². The van der Waals surface area contributed by atoms with Crippen molar-refractivity contribution >= 4 is 14.4 Å². The second kappa shape index (κ2) is 10.7. The lowest BCUT2D eigenvalue weighted by Gasteiger charge is -2.42. The van der Waals surface area contributed by atoms with Crippen LogP contribution in [-0.2, 0) is 15.8 Å². The molecule has 1 rings (SSSR count). The molecule has 1 amide bonds. The van der Waals surface area contributed by atoms with Gasteiger partial charge in [0.05, 0.1) is 31.2 Å². The first kappa shape index (κ1) is 25.1. The van der Waals surface area contributed by atoms with Gasteiger partial charge in [-0.15, -0.1) is 0 Å². The van der Waals surface area contributed by atoms with Gasteiger partial charge in [-0.25, -0.2) is 13.6 Å². The molecule has 0 aliphatic rings. The minimum atomic E-state index is -2.75. The maximum Gasteiger partial charge on any atom is 0.410 e. The van der Waals surface area contributed by atoms with E-state index < -0.39 is 39.5 Å². The summed E-state index contributed by atoms with van der Waals surface area (Å²) in [5.74, 6) is 0. The molecule has 0 spiro atoms. The first-order chi connectivity index (χ1) is 13.4. The Morgan fingerprint density at radius 2 is 1.83 bits per heavy atom. The third kappa shape index (κ3) is 7.75. The Morgan fingerprint density at radius 3 is 2.31 bits per heavy atom. The number of carbonyl (C=O) groups is 1. The van der Waals surface area contributed by atoms with Gasteiger partial charge in [0.25, 0.3) is 6.43 Å². The van der Waals surface area contributed by atoms with Crippen LogP contribution in [0.2, 0.25) is 18.1 Å². The normalized spacial score (nSPS) is 14.2. The van der Waals surface area contributed by atoms with Crippen molar-refractivity contribution < 1.29 is 22.7 Å². The number of benzene rings is 1. The number of nitrogens with zero attached hydrogens (tertiary/aromatic N) is 2. The van der Waals surface area contributed by atoms with E-state index in [4.69, 9.17) is 9.16 Å². The molecule has 0 saturated heterocycles. The SMILES string of the molecule is CC(O[Si](C)(C)C(C)(C)C)C(CC#N)N(CC(F)F)C(=O)OCc1ccccc1. The number of alkyl halides is 2. The van der Waals surface area contributed by atoms with Gasteiger partial charge >= 0.3 is 6.09 Å². The summed E-state index contributed by atoms with van der Waals surface area (Å²) in [5, 5.41) is 9.16. The summed E-state index contributed by atoms with van der Waals surface area (Å²) < 4.78 is 38.0. The molecule has 0 aliphatic carbocycles. The molecule has 0 N–H and O–H groups in total. The molecule has 162 valence electrons. The molecule has 5 nitrogen and oxygen atoms in total. The van der Waals surface area contributed by atoms with Crippen molar-refractivity contribution in [2.75, 3.05) is 6.54 Å². The summed E-state index contributed by atoms with van der Waals surface area (Å²) >= 11 is 0. The summed E-state index contributed by atoms with van der Waals surface area (Å²) in [6.07, 6.45) is -4.33. The van der Waals surface area contributed by atoms with Gasteiger partial charge in [-0.1, -0.05) is 51.1 Å². The third-order valence-corrected chi connectivity index (χ3v) is 9.88. The third-order valence-electron chi connectivity index (χ3n) is 5.30. The Kier molecular flexibility index (Phi) is 9.24. The zero-order valence-corrected chi connectivity index (χ0v) is 19.1. The molecule has 0 fully saturated rings. The van der Waals surface area contributed by atoms with Gasteiger partial charge in [-0.3, -0.25) is 4.90 Å². The van der Waals surface area contributed by atoms with Crippen LogP contribution in [0.4, 0.5) is 13.6 Å².